The summed E-state index contributed by atoms with van der Waals surface area (Å²) in [6.07, 6.45) is 0. The van der Waals surface area contributed by atoms with Crippen LogP contribution in [0.3, 0.4) is 0 Å². The molecule has 0 aliphatic rings. The summed E-state index contributed by atoms with van der Waals surface area (Å²) in [7, 11) is -2.37. The third-order valence-corrected chi connectivity index (χ3v) is 5.21. The summed E-state index contributed by atoms with van der Waals surface area (Å²) in [5.41, 5.74) is 1.55. The van der Waals surface area contributed by atoms with Gasteiger partial charge in [0.2, 0.25) is 0 Å². The Morgan fingerprint density at radius 2 is 2.06 bits per heavy atom. The average molecular weight is 335 g/mol. The smallest absolute Gasteiger partial charge is 0.323 e. The molecule has 1 aromatic carbocycles. The Balaban J connectivity index is 2.99. The molecule has 0 aliphatic carbocycles. The van der Waals surface area contributed by atoms with E-state index in [4.69, 9.17) is 0 Å². The number of aryl methyl sites for hydroxylation is 1. The van der Waals surface area contributed by atoms with E-state index in [1.54, 1.807) is 12.1 Å². The SMILES string of the molecule is COC(=O)C(C)S(=O)(=O)Cc1ccc(Br)cc1C. The van der Waals surface area contributed by atoms with Gasteiger partial charge in [0.25, 0.3) is 0 Å². The van der Waals surface area contributed by atoms with Crippen LogP contribution in [0.15, 0.2) is 22.7 Å². The van der Waals surface area contributed by atoms with Crippen LogP contribution < -0.4 is 0 Å². The van der Waals surface area contributed by atoms with E-state index < -0.39 is 21.1 Å². The van der Waals surface area contributed by atoms with E-state index in [1.807, 2.05) is 13.0 Å². The Morgan fingerprint density at radius 3 is 2.56 bits per heavy atom. The number of halogens is 1. The summed E-state index contributed by atoms with van der Waals surface area (Å²) in [4.78, 5) is 11.3. The molecule has 100 valence electrons. The van der Waals surface area contributed by atoms with Gasteiger partial charge in [-0.25, -0.2) is 8.42 Å². The lowest BCUT2D eigenvalue weighted by Crippen LogP contribution is -2.29. The van der Waals surface area contributed by atoms with Crippen LogP contribution in [0.25, 0.3) is 0 Å². The highest BCUT2D eigenvalue weighted by Crippen LogP contribution is 2.19. The van der Waals surface area contributed by atoms with Gasteiger partial charge in [0.1, 0.15) is 0 Å². The molecule has 6 heteroatoms. The minimum absolute atomic E-state index is 0.164. The van der Waals surface area contributed by atoms with E-state index in [1.165, 1.54) is 14.0 Å². The lowest BCUT2D eigenvalue weighted by Gasteiger charge is -2.12. The molecule has 0 bridgehead atoms. The van der Waals surface area contributed by atoms with Gasteiger partial charge < -0.3 is 4.74 Å². The van der Waals surface area contributed by atoms with E-state index in [0.29, 0.717) is 5.56 Å². The summed E-state index contributed by atoms with van der Waals surface area (Å²) in [6.45, 7) is 3.17. The topological polar surface area (TPSA) is 60.4 Å². The molecule has 0 N–H and O–H groups in total. The third-order valence-electron chi connectivity index (χ3n) is 2.73. The summed E-state index contributed by atoms with van der Waals surface area (Å²) in [5, 5.41) is -1.15. The van der Waals surface area contributed by atoms with Crippen LogP contribution in [0.1, 0.15) is 18.1 Å². The second-order valence-corrected chi connectivity index (χ2v) is 7.28. The molecular weight excluding hydrogens is 320 g/mol. The number of rotatable bonds is 4. The Kier molecular flexibility index (Phi) is 4.92. The number of benzene rings is 1. The van der Waals surface area contributed by atoms with Gasteiger partial charge in [-0.1, -0.05) is 22.0 Å². The average Bonchev–Trinajstić information content (AvgIpc) is 2.30. The zero-order chi connectivity index (χ0) is 13.9. The van der Waals surface area contributed by atoms with Crippen LogP contribution in [-0.2, 0) is 25.1 Å². The molecule has 0 aromatic heterocycles. The molecule has 1 atom stereocenters. The van der Waals surface area contributed by atoms with Gasteiger partial charge in [0.05, 0.1) is 12.9 Å². The fraction of sp³-hybridized carbons (Fsp3) is 0.417. The van der Waals surface area contributed by atoms with Crippen LogP contribution >= 0.6 is 15.9 Å². The lowest BCUT2D eigenvalue weighted by atomic mass is 10.1. The molecule has 18 heavy (non-hydrogen) atoms. The van der Waals surface area contributed by atoms with Crippen molar-refractivity contribution < 1.29 is 17.9 Å². The molecule has 0 spiro atoms. The predicted octanol–water partition coefficient (Wildman–Crippen LogP) is 2.23. The molecule has 0 radical (unpaired) electrons. The number of sulfone groups is 1. The molecule has 0 amide bonds. The van der Waals surface area contributed by atoms with Gasteiger partial charge in [0.15, 0.2) is 15.1 Å². The molecule has 0 saturated heterocycles. The number of hydrogen-bond acceptors (Lipinski definition) is 4. The van der Waals surface area contributed by atoms with Crippen LogP contribution in [0.5, 0.6) is 0 Å². The predicted molar refractivity (Wildman–Crippen MR) is 73.0 cm³/mol. The molecule has 1 rings (SSSR count). The van der Waals surface area contributed by atoms with Crippen LogP contribution in [0, 0.1) is 6.92 Å². The molecule has 0 heterocycles. The first-order valence-electron chi connectivity index (χ1n) is 5.32. The van der Waals surface area contributed by atoms with Gasteiger partial charge in [-0.05, 0) is 37.1 Å². The number of carbonyl (C=O) groups excluding carboxylic acids is 1. The first kappa shape index (κ1) is 15.2. The first-order valence-corrected chi connectivity index (χ1v) is 7.83. The van der Waals surface area contributed by atoms with E-state index >= 15 is 0 Å². The van der Waals surface area contributed by atoms with Crippen molar-refractivity contribution in [2.75, 3.05) is 7.11 Å². The zero-order valence-electron chi connectivity index (χ0n) is 10.4. The minimum Gasteiger partial charge on any atom is -0.468 e. The van der Waals surface area contributed by atoms with Crippen LogP contribution in [-0.4, -0.2) is 26.7 Å². The number of carbonyl (C=O) groups is 1. The fourth-order valence-corrected chi connectivity index (χ4v) is 3.35. The highest BCUT2D eigenvalue weighted by molar-refractivity contribution is 9.10. The molecule has 1 unspecified atom stereocenters. The van der Waals surface area contributed by atoms with Crippen molar-refractivity contribution in [3.8, 4) is 0 Å². The van der Waals surface area contributed by atoms with E-state index in [-0.39, 0.29) is 5.75 Å². The van der Waals surface area contributed by atoms with Crippen molar-refractivity contribution in [3.05, 3.63) is 33.8 Å². The number of methoxy groups -OCH3 is 1. The minimum atomic E-state index is -3.55. The zero-order valence-corrected chi connectivity index (χ0v) is 12.8. The third kappa shape index (κ3) is 3.55. The molecular formula is C12H15BrO4S. The van der Waals surface area contributed by atoms with Gasteiger partial charge in [-0.2, -0.15) is 0 Å². The number of esters is 1. The second-order valence-electron chi connectivity index (χ2n) is 4.04. The maximum Gasteiger partial charge on any atom is 0.323 e. The van der Waals surface area contributed by atoms with Crippen molar-refractivity contribution in [1.82, 2.24) is 0 Å². The quantitative estimate of drug-likeness (QED) is 0.792. The lowest BCUT2D eigenvalue weighted by molar-refractivity contribution is -0.139. The van der Waals surface area contributed by atoms with E-state index in [2.05, 4.69) is 20.7 Å². The molecule has 0 aliphatic heterocycles. The van der Waals surface area contributed by atoms with Gasteiger partial charge in [0, 0.05) is 4.47 Å². The molecule has 0 fully saturated rings. The molecule has 1 aromatic rings. The van der Waals surface area contributed by atoms with Crippen molar-refractivity contribution >= 4 is 31.7 Å². The van der Waals surface area contributed by atoms with Crippen molar-refractivity contribution in [1.29, 1.82) is 0 Å². The van der Waals surface area contributed by atoms with Crippen LogP contribution in [0.4, 0.5) is 0 Å². The second kappa shape index (κ2) is 5.84. The van der Waals surface area contributed by atoms with Crippen molar-refractivity contribution in [2.45, 2.75) is 24.9 Å². The Labute approximate surface area is 115 Å². The maximum absolute atomic E-state index is 12.0. The highest BCUT2D eigenvalue weighted by Gasteiger charge is 2.29. The highest BCUT2D eigenvalue weighted by atomic mass is 79.9. The van der Waals surface area contributed by atoms with E-state index in [9.17, 15) is 13.2 Å². The fourth-order valence-electron chi connectivity index (χ4n) is 1.48. The van der Waals surface area contributed by atoms with Crippen LogP contribution in [0.2, 0.25) is 0 Å². The summed E-state index contributed by atoms with van der Waals surface area (Å²) < 4.78 is 29.4. The largest absolute Gasteiger partial charge is 0.468 e. The van der Waals surface area contributed by atoms with Crippen molar-refractivity contribution in [3.63, 3.8) is 0 Å². The van der Waals surface area contributed by atoms with Gasteiger partial charge >= 0.3 is 5.97 Å². The molecule has 4 nitrogen and oxygen atoms in total. The number of ether oxygens (including phenoxy) is 1. The summed E-state index contributed by atoms with van der Waals surface area (Å²) in [6, 6.07) is 5.36. The van der Waals surface area contributed by atoms with Crippen molar-refractivity contribution in [2.24, 2.45) is 0 Å². The number of hydrogen-bond donors (Lipinski definition) is 0. The Bertz CT molecular complexity index is 551. The maximum atomic E-state index is 12.0. The normalized spacial score (nSPS) is 13.1. The Morgan fingerprint density at radius 1 is 1.44 bits per heavy atom. The van der Waals surface area contributed by atoms with Gasteiger partial charge in [-0.3, -0.25) is 4.79 Å². The molecule has 0 saturated carbocycles. The summed E-state index contributed by atoms with van der Waals surface area (Å²) in [5.74, 6) is -0.896. The first-order chi connectivity index (χ1) is 8.27. The summed E-state index contributed by atoms with van der Waals surface area (Å²) >= 11 is 3.32. The monoisotopic (exact) mass is 334 g/mol. The van der Waals surface area contributed by atoms with E-state index in [0.717, 1.165) is 10.0 Å². The van der Waals surface area contributed by atoms with Gasteiger partial charge in [-0.15, -0.1) is 0 Å². The Hall–Kier alpha value is -0.880. The standard InChI is InChI=1S/C12H15BrO4S/c1-8-6-11(13)5-4-10(8)7-18(15,16)9(2)12(14)17-3/h4-6,9H,7H2,1-3H3.